The smallest absolute Gasteiger partial charge is 0.335 e. The Balaban J connectivity index is 1.58. The van der Waals surface area contributed by atoms with Crippen molar-refractivity contribution in [3.05, 3.63) is 53.6 Å². The van der Waals surface area contributed by atoms with Crippen molar-refractivity contribution in [3.63, 3.8) is 0 Å². The molecule has 2 aliphatic carbocycles. The predicted octanol–water partition coefficient (Wildman–Crippen LogP) is 3.50. The first-order valence-electron chi connectivity index (χ1n) is 11.0. The highest BCUT2D eigenvalue weighted by atomic mass is 32.2. The van der Waals surface area contributed by atoms with Crippen LogP contribution in [-0.4, -0.2) is 45.8 Å². The highest BCUT2D eigenvalue weighted by Crippen LogP contribution is 2.44. The van der Waals surface area contributed by atoms with E-state index in [0.717, 1.165) is 55.3 Å². The summed E-state index contributed by atoms with van der Waals surface area (Å²) in [6.45, 7) is 0. The van der Waals surface area contributed by atoms with Crippen molar-refractivity contribution in [3.8, 4) is 11.4 Å². The van der Waals surface area contributed by atoms with Crippen molar-refractivity contribution < 1.29 is 27.4 Å². The number of carboxylic acids is 1. The normalized spacial score (nSPS) is 16.5. The Morgan fingerprint density at radius 2 is 1.91 bits per heavy atom. The van der Waals surface area contributed by atoms with E-state index in [9.17, 15) is 22.7 Å². The molecule has 0 bridgehead atoms. The molecule has 3 aromatic rings. The van der Waals surface area contributed by atoms with E-state index in [4.69, 9.17) is 4.74 Å². The second-order valence-electron chi connectivity index (χ2n) is 8.52. The van der Waals surface area contributed by atoms with Gasteiger partial charge in [0, 0.05) is 6.07 Å². The molecule has 34 heavy (non-hydrogen) atoms. The lowest BCUT2D eigenvalue weighted by atomic mass is 10.1. The van der Waals surface area contributed by atoms with Crippen LogP contribution in [0.5, 0.6) is 5.75 Å². The zero-order chi connectivity index (χ0) is 23.9. The Bertz CT molecular complexity index is 1340. The molecular weight excluding hydrogens is 465 g/mol. The van der Waals surface area contributed by atoms with Crippen LogP contribution in [0.3, 0.4) is 0 Å². The molecule has 0 atom stereocenters. The van der Waals surface area contributed by atoms with Gasteiger partial charge in [-0.15, -0.1) is 5.10 Å². The number of sulfonamides is 1. The molecule has 2 N–H and O–H groups in total. The van der Waals surface area contributed by atoms with Crippen LogP contribution >= 0.6 is 0 Å². The van der Waals surface area contributed by atoms with E-state index in [1.807, 2.05) is 0 Å². The highest BCUT2D eigenvalue weighted by Gasteiger charge is 2.32. The zero-order valence-corrected chi connectivity index (χ0v) is 18.8. The van der Waals surface area contributed by atoms with Gasteiger partial charge in [0.25, 0.3) is 10.0 Å². The monoisotopic (exact) mass is 487 g/mol. The van der Waals surface area contributed by atoms with E-state index in [0.29, 0.717) is 5.56 Å². The van der Waals surface area contributed by atoms with Crippen LogP contribution in [0.2, 0.25) is 0 Å². The maximum atomic E-state index is 14.9. The molecule has 0 radical (unpaired) electrons. The molecular formula is C22H22FN5O5S. The Morgan fingerprint density at radius 1 is 1.15 bits per heavy atom. The SMILES string of the molecule is O=C(O)c1ccc(C2CC2)c(S(=O)(=O)Nc2cc(-n3cnnn3)c(F)cc2OC2CCCC2)c1. The van der Waals surface area contributed by atoms with Gasteiger partial charge in [0.05, 0.1) is 22.3 Å². The minimum atomic E-state index is -4.24. The van der Waals surface area contributed by atoms with Gasteiger partial charge in [0.2, 0.25) is 0 Å². The number of ether oxygens (including phenoxy) is 1. The predicted molar refractivity (Wildman–Crippen MR) is 118 cm³/mol. The molecule has 1 heterocycles. The van der Waals surface area contributed by atoms with Gasteiger partial charge in [-0.3, -0.25) is 4.72 Å². The number of hydrogen-bond acceptors (Lipinski definition) is 7. The standard InChI is InChI=1S/C22H22FN5O5S/c23-17-10-20(33-15-3-1-2-4-15)18(11-19(17)28-12-24-26-27-28)25-34(31,32)21-9-14(22(29)30)7-8-16(21)13-5-6-13/h7-13,15,25H,1-6H2,(H,29,30). The van der Waals surface area contributed by atoms with Crippen molar-refractivity contribution in [1.82, 2.24) is 20.2 Å². The van der Waals surface area contributed by atoms with Crippen LogP contribution < -0.4 is 9.46 Å². The third-order valence-corrected chi connectivity index (χ3v) is 7.47. The fourth-order valence-electron chi connectivity index (χ4n) is 4.19. The fourth-order valence-corrected chi connectivity index (χ4v) is 5.57. The molecule has 2 saturated carbocycles. The van der Waals surface area contributed by atoms with Gasteiger partial charge < -0.3 is 9.84 Å². The lowest BCUT2D eigenvalue weighted by Crippen LogP contribution is -2.19. The number of nitrogens with one attached hydrogen (secondary N) is 1. The Kier molecular flexibility index (Phi) is 5.68. The number of carbonyl (C=O) groups is 1. The molecule has 2 fully saturated rings. The first-order chi connectivity index (χ1) is 16.3. The van der Waals surface area contributed by atoms with Crippen molar-refractivity contribution in [1.29, 1.82) is 0 Å². The second-order valence-corrected chi connectivity index (χ2v) is 10.2. The van der Waals surface area contributed by atoms with Crippen LogP contribution in [0.1, 0.15) is 60.4 Å². The van der Waals surface area contributed by atoms with E-state index < -0.39 is 21.8 Å². The van der Waals surface area contributed by atoms with Gasteiger partial charge in [-0.1, -0.05) is 6.07 Å². The first-order valence-corrected chi connectivity index (χ1v) is 12.4. The summed E-state index contributed by atoms with van der Waals surface area (Å²) >= 11 is 0. The second kappa shape index (κ2) is 8.67. The number of halogens is 1. The maximum Gasteiger partial charge on any atom is 0.335 e. The molecule has 178 valence electrons. The molecule has 2 aromatic carbocycles. The van der Waals surface area contributed by atoms with Crippen LogP contribution in [0.15, 0.2) is 41.6 Å². The molecule has 1 aromatic heterocycles. The third-order valence-electron chi connectivity index (χ3n) is 6.05. The molecule has 10 nitrogen and oxygen atoms in total. The number of anilines is 1. The van der Waals surface area contributed by atoms with E-state index in [2.05, 4.69) is 20.2 Å². The van der Waals surface area contributed by atoms with E-state index in [1.165, 1.54) is 18.5 Å². The van der Waals surface area contributed by atoms with Gasteiger partial charge in [-0.25, -0.2) is 17.6 Å². The molecule has 0 spiro atoms. The number of carboxylic acid groups (broad SMARTS) is 1. The average Bonchev–Trinajstić information content (AvgIpc) is 3.26. The fraction of sp³-hybridized carbons (Fsp3) is 0.364. The van der Waals surface area contributed by atoms with Crippen LogP contribution in [0.25, 0.3) is 5.69 Å². The third kappa shape index (κ3) is 4.45. The molecule has 0 unspecified atom stereocenters. The van der Waals surface area contributed by atoms with Gasteiger partial charge >= 0.3 is 5.97 Å². The number of tetrazole rings is 1. The van der Waals surface area contributed by atoms with Crippen molar-refractivity contribution in [2.45, 2.75) is 55.4 Å². The Morgan fingerprint density at radius 3 is 2.56 bits per heavy atom. The van der Waals surface area contributed by atoms with Crippen molar-refractivity contribution in [2.24, 2.45) is 0 Å². The van der Waals surface area contributed by atoms with Gasteiger partial charge in [0.15, 0.2) is 5.82 Å². The van der Waals surface area contributed by atoms with E-state index in [-0.39, 0.29) is 39.6 Å². The molecule has 0 saturated heterocycles. The van der Waals surface area contributed by atoms with E-state index in [1.54, 1.807) is 6.07 Å². The summed E-state index contributed by atoms with van der Waals surface area (Å²) in [5.74, 6) is -1.82. The Labute approximate surface area is 194 Å². The summed E-state index contributed by atoms with van der Waals surface area (Å²) in [4.78, 5) is 11.4. The van der Waals surface area contributed by atoms with Crippen molar-refractivity contribution in [2.75, 3.05) is 4.72 Å². The first kappa shape index (κ1) is 22.3. The summed E-state index contributed by atoms with van der Waals surface area (Å²) in [6.07, 6.45) is 6.21. The van der Waals surface area contributed by atoms with E-state index >= 15 is 0 Å². The number of aromatic carboxylic acids is 1. The molecule has 0 amide bonds. The zero-order valence-electron chi connectivity index (χ0n) is 18.0. The maximum absolute atomic E-state index is 14.9. The van der Waals surface area contributed by atoms with Crippen LogP contribution in [-0.2, 0) is 10.0 Å². The van der Waals surface area contributed by atoms with Crippen LogP contribution in [0.4, 0.5) is 10.1 Å². The number of nitrogens with zero attached hydrogens (tertiary/aromatic N) is 4. The largest absolute Gasteiger partial charge is 0.488 e. The average molecular weight is 488 g/mol. The van der Waals surface area contributed by atoms with Crippen molar-refractivity contribution >= 4 is 21.7 Å². The minimum Gasteiger partial charge on any atom is -0.488 e. The summed E-state index contributed by atoms with van der Waals surface area (Å²) in [7, 11) is -4.24. The lowest BCUT2D eigenvalue weighted by molar-refractivity contribution is 0.0696. The molecule has 5 rings (SSSR count). The molecule has 2 aliphatic rings. The summed E-state index contributed by atoms with van der Waals surface area (Å²) in [6, 6.07) is 6.48. The summed E-state index contributed by atoms with van der Waals surface area (Å²) < 4.78 is 51.5. The quantitative estimate of drug-likeness (QED) is 0.493. The number of rotatable bonds is 8. The van der Waals surface area contributed by atoms with Gasteiger partial charge in [-0.2, -0.15) is 4.68 Å². The van der Waals surface area contributed by atoms with Gasteiger partial charge in [0.1, 0.15) is 17.8 Å². The summed E-state index contributed by atoms with van der Waals surface area (Å²) in [5, 5.41) is 20.1. The highest BCUT2D eigenvalue weighted by molar-refractivity contribution is 7.92. The Hall–Kier alpha value is -3.54. The minimum absolute atomic E-state index is 0.0151. The number of aromatic nitrogens is 4. The van der Waals surface area contributed by atoms with Gasteiger partial charge in [-0.05, 0) is 78.6 Å². The van der Waals surface area contributed by atoms with Crippen LogP contribution in [0, 0.1) is 5.82 Å². The molecule has 12 heteroatoms. The number of benzene rings is 2. The topological polar surface area (TPSA) is 136 Å². The lowest BCUT2D eigenvalue weighted by Gasteiger charge is -2.20. The molecule has 0 aliphatic heterocycles. The number of hydrogen-bond donors (Lipinski definition) is 2. The summed E-state index contributed by atoms with van der Waals surface area (Å²) in [5.41, 5.74) is 0.365.